The summed E-state index contributed by atoms with van der Waals surface area (Å²) in [7, 11) is 3.74. The monoisotopic (exact) mass is 383 g/mol. The summed E-state index contributed by atoms with van der Waals surface area (Å²) in [5, 5.41) is 5.74. The molecule has 0 aliphatic heterocycles. The van der Waals surface area contributed by atoms with Gasteiger partial charge in [0.05, 0.1) is 12.2 Å². The van der Waals surface area contributed by atoms with Crippen LogP contribution in [0.15, 0.2) is 36.4 Å². The number of hydrogen-bond donors (Lipinski definition) is 2. The van der Waals surface area contributed by atoms with Crippen molar-refractivity contribution in [2.75, 3.05) is 19.0 Å². The third-order valence-corrected chi connectivity index (χ3v) is 4.03. The van der Waals surface area contributed by atoms with Crippen molar-refractivity contribution in [3.05, 3.63) is 53.3 Å². The van der Waals surface area contributed by atoms with Crippen molar-refractivity contribution in [1.82, 2.24) is 20.6 Å². The number of amides is 2. The minimum atomic E-state index is -0.747. The van der Waals surface area contributed by atoms with Crippen LogP contribution in [0.25, 0.3) is 0 Å². The molecule has 1 aromatic carbocycles. The lowest BCUT2D eigenvalue weighted by Crippen LogP contribution is -2.40. The molecule has 7 heteroatoms. The van der Waals surface area contributed by atoms with Crippen LogP contribution < -0.4 is 15.5 Å². The normalized spacial score (nSPS) is 11.8. The number of aromatic nitrogens is 2. The summed E-state index contributed by atoms with van der Waals surface area (Å²) in [5.41, 5.74) is 2.28. The first-order chi connectivity index (χ1) is 13.3. The first-order valence-corrected chi connectivity index (χ1v) is 9.40. The van der Waals surface area contributed by atoms with Gasteiger partial charge in [0, 0.05) is 26.2 Å². The Kier molecular flexibility index (Phi) is 7.49. The molecule has 0 aliphatic carbocycles. The van der Waals surface area contributed by atoms with E-state index < -0.39 is 6.04 Å². The van der Waals surface area contributed by atoms with Gasteiger partial charge in [-0.3, -0.25) is 9.59 Å². The van der Waals surface area contributed by atoms with E-state index in [-0.39, 0.29) is 24.3 Å². The highest BCUT2D eigenvalue weighted by atomic mass is 16.2. The molecule has 1 heterocycles. The molecule has 0 saturated heterocycles. The zero-order valence-electron chi connectivity index (χ0n) is 17.2. The fourth-order valence-corrected chi connectivity index (χ4v) is 2.72. The predicted octanol–water partition coefficient (Wildman–Crippen LogP) is 2.37. The Labute approximate surface area is 166 Å². The van der Waals surface area contributed by atoms with Crippen LogP contribution in [0.4, 0.5) is 5.95 Å². The van der Waals surface area contributed by atoms with E-state index in [4.69, 9.17) is 0 Å². The Morgan fingerprint density at radius 1 is 1.11 bits per heavy atom. The van der Waals surface area contributed by atoms with Crippen LogP contribution in [0.2, 0.25) is 0 Å². The summed E-state index contributed by atoms with van der Waals surface area (Å²) in [6.07, 6.45) is 0.369. The SMILES string of the molecule is Cc1cc(CNC(=O)[C@H](NC(=O)CC(C)C)c2ccccc2)nc(N(C)C)n1. The van der Waals surface area contributed by atoms with E-state index in [9.17, 15) is 9.59 Å². The fourth-order valence-electron chi connectivity index (χ4n) is 2.72. The van der Waals surface area contributed by atoms with Crippen molar-refractivity contribution in [2.24, 2.45) is 5.92 Å². The van der Waals surface area contributed by atoms with E-state index >= 15 is 0 Å². The maximum absolute atomic E-state index is 12.9. The molecule has 7 nitrogen and oxygen atoms in total. The molecule has 2 rings (SSSR count). The van der Waals surface area contributed by atoms with Gasteiger partial charge in [0.2, 0.25) is 17.8 Å². The van der Waals surface area contributed by atoms with Crippen LogP contribution in [0.1, 0.15) is 43.3 Å². The minimum absolute atomic E-state index is 0.147. The second-order valence-electron chi connectivity index (χ2n) is 7.42. The molecule has 2 amide bonds. The minimum Gasteiger partial charge on any atom is -0.348 e. The summed E-state index contributed by atoms with van der Waals surface area (Å²) < 4.78 is 0. The standard InChI is InChI=1S/C21H29N5O2/c1-14(2)11-18(27)25-19(16-9-7-6-8-10-16)20(28)22-13-17-12-15(3)23-21(24-17)26(4)5/h6-10,12,14,19H,11,13H2,1-5H3,(H,22,28)(H,25,27)/t19-/m1/s1. The van der Waals surface area contributed by atoms with Crippen LogP contribution in [0.3, 0.4) is 0 Å². The molecule has 28 heavy (non-hydrogen) atoms. The predicted molar refractivity (Wildman–Crippen MR) is 110 cm³/mol. The number of rotatable bonds is 8. The molecule has 0 radical (unpaired) electrons. The highest BCUT2D eigenvalue weighted by Gasteiger charge is 2.23. The second-order valence-corrected chi connectivity index (χ2v) is 7.42. The van der Waals surface area contributed by atoms with Crippen LogP contribution in [0, 0.1) is 12.8 Å². The van der Waals surface area contributed by atoms with Crippen molar-refractivity contribution in [2.45, 2.75) is 39.8 Å². The molecule has 0 aliphatic rings. The first-order valence-electron chi connectivity index (χ1n) is 9.40. The Bertz CT molecular complexity index is 806. The lowest BCUT2D eigenvalue weighted by molar-refractivity contribution is -0.129. The highest BCUT2D eigenvalue weighted by Crippen LogP contribution is 2.15. The van der Waals surface area contributed by atoms with Crippen LogP contribution >= 0.6 is 0 Å². The highest BCUT2D eigenvalue weighted by molar-refractivity contribution is 5.88. The topological polar surface area (TPSA) is 87.2 Å². The van der Waals surface area contributed by atoms with Gasteiger partial charge in [-0.05, 0) is 24.5 Å². The van der Waals surface area contributed by atoms with E-state index in [0.29, 0.717) is 18.1 Å². The number of nitrogens with one attached hydrogen (secondary N) is 2. The number of carbonyl (C=O) groups excluding carboxylic acids is 2. The third-order valence-electron chi connectivity index (χ3n) is 4.03. The summed E-state index contributed by atoms with van der Waals surface area (Å²) in [6, 6.07) is 10.3. The van der Waals surface area contributed by atoms with E-state index in [0.717, 1.165) is 11.3 Å². The van der Waals surface area contributed by atoms with Crippen molar-refractivity contribution < 1.29 is 9.59 Å². The Balaban J connectivity index is 2.13. The molecule has 2 aromatic rings. The van der Waals surface area contributed by atoms with Gasteiger partial charge in [-0.2, -0.15) is 0 Å². The molecule has 1 aromatic heterocycles. The smallest absolute Gasteiger partial charge is 0.247 e. The van der Waals surface area contributed by atoms with Gasteiger partial charge in [-0.1, -0.05) is 44.2 Å². The molecule has 0 bridgehead atoms. The molecule has 0 spiro atoms. The number of carbonyl (C=O) groups is 2. The van der Waals surface area contributed by atoms with Gasteiger partial charge in [0.1, 0.15) is 6.04 Å². The van der Waals surface area contributed by atoms with Gasteiger partial charge in [0.15, 0.2) is 0 Å². The average Bonchev–Trinajstić information content (AvgIpc) is 2.64. The fraction of sp³-hybridized carbons (Fsp3) is 0.429. The Morgan fingerprint density at radius 3 is 2.39 bits per heavy atom. The van der Waals surface area contributed by atoms with Gasteiger partial charge < -0.3 is 15.5 Å². The zero-order chi connectivity index (χ0) is 20.7. The van der Waals surface area contributed by atoms with E-state index in [2.05, 4.69) is 20.6 Å². The van der Waals surface area contributed by atoms with Gasteiger partial charge in [-0.25, -0.2) is 9.97 Å². The molecule has 0 fully saturated rings. The maximum Gasteiger partial charge on any atom is 0.247 e. The average molecular weight is 383 g/mol. The van der Waals surface area contributed by atoms with Gasteiger partial charge in [0.25, 0.3) is 0 Å². The molecule has 1 atom stereocenters. The number of nitrogens with zero attached hydrogens (tertiary/aromatic N) is 3. The third kappa shape index (κ3) is 6.33. The van der Waals surface area contributed by atoms with E-state index in [1.807, 2.05) is 76.2 Å². The number of hydrogen-bond acceptors (Lipinski definition) is 5. The molecule has 0 saturated carbocycles. The Morgan fingerprint density at radius 2 is 1.79 bits per heavy atom. The summed E-state index contributed by atoms with van der Waals surface area (Å²) in [6.45, 7) is 6.08. The number of anilines is 1. The van der Waals surface area contributed by atoms with Crippen molar-refractivity contribution in [3.63, 3.8) is 0 Å². The van der Waals surface area contributed by atoms with Crippen molar-refractivity contribution in [1.29, 1.82) is 0 Å². The van der Waals surface area contributed by atoms with Gasteiger partial charge in [-0.15, -0.1) is 0 Å². The summed E-state index contributed by atoms with van der Waals surface area (Å²) in [4.78, 5) is 35.7. The first kappa shape index (κ1) is 21.3. The molecule has 2 N–H and O–H groups in total. The second kappa shape index (κ2) is 9.82. The zero-order valence-corrected chi connectivity index (χ0v) is 17.2. The lowest BCUT2D eigenvalue weighted by atomic mass is 10.0. The number of aryl methyl sites for hydroxylation is 1. The summed E-state index contributed by atoms with van der Waals surface area (Å²) in [5.74, 6) is 0.389. The lowest BCUT2D eigenvalue weighted by Gasteiger charge is -2.20. The molecular weight excluding hydrogens is 354 g/mol. The Hall–Kier alpha value is -2.96. The molecule has 0 unspecified atom stereocenters. The molecular formula is C21H29N5O2. The quantitative estimate of drug-likeness (QED) is 0.731. The van der Waals surface area contributed by atoms with Gasteiger partial charge >= 0.3 is 0 Å². The van der Waals surface area contributed by atoms with E-state index in [1.165, 1.54) is 0 Å². The molecule has 150 valence electrons. The summed E-state index contributed by atoms with van der Waals surface area (Å²) >= 11 is 0. The van der Waals surface area contributed by atoms with Crippen LogP contribution in [-0.4, -0.2) is 35.9 Å². The number of benzene rings is 1. The maximum atomic E-state index is 12.9. The van der Waals surface area contributed by atoms with Crippen molar-refractivity contribution >= 4 is 17.8 Å². The van der Waals surface area contributed by atoms with Crippen molar-refractivity contribution in [3.8, 4) is 0 Å². The van der Waals surface area contributed by atoms with Crippen LogP contribution in [0.5, 0.6) is 0 Å². The van der Waals surface area contributed by atoms with Crippen LogP contribution in [-0.2, 0) is 16.1 Å². The van der Waals surface area contributed by atoms with E-state index in [1.54, 1.807) is 0 Å². The largest absolute Gasteiger partial charge is 0.348 e.